The molecule has 0 aromatic rings. The predicted octanol–water partition coefficient (Wildman–Crippen LogP) is 20.7. The second-order valence-electron chi connectivity index (χ2n) is 21.0. The Hall–Kier alpha value is -2.11. The Labute approximate surface area is 430 Å². The zero-order valence-electron chi connectivity index (χ0n) is 46.6. The first-order valence-electron chi connectivity index (χ1n) is 30.8. The Bertz CT molecular complexity index is 1110. The Morgan fingerprint density at radius 1 is 0.290 bits per heavy atom. The summed E-state index contributed by atoms with van der Waals surface area (Å²) in [5.41, 5.74) is 0. The van der Waals surface area contributed by atoms with Crippen LogP contribution in [0.15, 0.2) is 24.3 Å². The molecule has 0 amide bonds. The molecule has 0 saturated heterocycles. The molecule has 0 rings (SSSR count). The monoisotopic (exact) mass is 971 g/mol. The fourth-order valence-corrected chi connectivity index (χ4v) is 9.30. The minimum atomic E-state index is -0.768. The zero-order chi connectivity index (χ0) is 50.0. The molecule has 0 saturated carbocycles. The first-order chi connectivity index (χ1) is 34.0. The van der Waals surface area contributed by atoms with Gasteiger partial charge in [-0.25, -0.2) is 0 Å². The quantitative estimate of drug-likeness (QED) is 0.0261. The lowest BCUT2D eigenvalue weighted by Crippen LogP contribution is -2.30. The van der Waals surface area contributed by atoms with E-state index in [2.05, 4.69) is 45.1 Å². The average Bonchev–Trinajstić information content (AvgIpc) is 3.35. The summed E-state index contributed by atoms with van der Waals surface area (Å²) in [6, 6.07) is 0. The standard InChI is InChI=1S/C63H118O6/c1-4-7-10-13-16-19-22-25-28-30-31-32-33-34-36-38-41-44-47-50-53-56-62(65)68-59-60(58-67-61(64)55-52-49-46-43-40-37-27-24-21-18-15-12-9-6-3)69-63(66)57-54-51-48-45-42-39-35-29-26-23-20-17-14-11-8-5-2/h22,25,30-31,60H,4-21,23-24,26-29,32-59H2,1-3H3/b25-22-,31-30-. The summed E-state index contributed by atoms with van der Waals surface area (Å²) < 4.78 is 16.9. The molecule has 0 aromatic carbocycles. The molecule has 1 atom stereocenters. The molecule has 6 heteroatoms. The molecule has 406 valence electrons. The molecule has 0 fully saturated rings. The topological polar surface area (TPSA) is 78.9 Å². The second kappa shape index (κ2) is 58.5. The van der Waals surface area contributed by atoms with Gasteiger partial charge in [0, 0.05) is 19.3 Å². The van der Waals surface area contributed by atoms with Crippen LogP contribution < -0.4 is 0 Å². The summed E-state index contributed by atoms with van der Waals surface area (Å²) in [5.74, 6) is -0.845. The molecular formula is C63H118O6. The second-order valence-corrected chi connectivity index (χ2v) is 21.0. The number of carbonyl (C=O) groups excluding carboxylic acids is 3. The lowest BCUT2D eigenvalue weighted by atomic mass is 10.0. The molecule has 6 nitrogen and oxygen atoms in total. The lowest BCUT2D eigenvalue weighted by molar-refractivity contribution is -0.167. The van der Waals surface area contributed by atoms with Crippen molar-refractivity contribution in [1.29, 1.82) is 0 Å². The van der Waals surface area contributed by atoms with Gasteiger partial charge < -0.3 is 14.2 Å². The number of ether oxygens (including phenoxy) is 3. The number of unbranched alkanes of at least 4 members (excludes halogenated alkanes) is 42. The van der Waals surface area contributed by atoms with Gasteiger partial charge in [-0.05, 0) is 51.4 Å². The fraction of sp³-hybridized carbons (Fsp3) is 0.889. The van der Waals surface area contributed by atoms with Crippen molar-refractivity contribution in [2.24, 2.45) is 0 Å². The van der Waals surface area contributed by atoms with E-state index in [1.165, 1.54) is 238 Å². The van der Waals surface area contributed by atoms with Gasteiger partial charge in [0.25, 0.3) is 0 Å². The highest BCUT2D eigenvalue weighted by Gasteiger charge is 2.19. The normalized spacial score (nSPS) is 12.1. The minimum absolute atomic E-state index is 0.0664. The molecule has 0 aliphatic heterocycles. The van der Waals surface area contributed by atoms with Crippen molar-refractivity contribution in [2.75, 3.05) is 13.2 Å². The summed E-state index contributed by atoms with van der Waals surface area (Å²) >= 11 is 0. The molecule has 0 aliphatic rings. The summed E-state index contributed by atoms with van der Waals surface area (Å²) in [6.07, 6.45) is 68.8. The Morgan fingerprint density at radius 3 is 0.797 bits per heavy atom. The van der Waals surface area contributed by atoms with Crippen LogP contribution in [0.25, 0.3) is 0 Å². The number of esters is 3. The molecule has 69 heavy (non-hydrogen) atoms. The van der Waals surface area contributed by atoms with Gasteiger partial charge in [-0.15, -0.1) is 0 Å². The maximum absolute atomic E-state index is 12.9. The third-order valence-corrected chi connectivity index (χ3v) is 14.0. The van der Waals surface area contributed by atoms with E-state index in [1.54, 1.807) is 0 Å². The maximum Gasteiger partial charge on any atom is 0.306 e. The minimum Gasteiger partial charge on any atom is -0.462 e. The van der Waals surface area contributed by atoms with Crippen LogP contribution in [0.4, 0.5) is 0 Å². The van der Waals surface area contributed by atoms with Crippen molar-refractivity contribution in [3.05, 3.63) is 24.3 Å². The van der Waals surface area contributed by atoms with Crippen LogP contribution in [0, 0.1) is 0 Å². The summed E-state index contributed by atoms with van der Waals surface area (Å²) in [6.45, 7) is 6.69. The number of allylic oxidation sites excluding steroid dienone is 4. The van der Waals surface area contributed by atoms with Crippen molar-refractivity contribution >= 4 is 17.9 Å². The molecule has 0 aliphatic carbocycles. The van der Waals surface area contributed by atoms with E-state index < -0.39 is 6.10 Å². The summed E-state index contributed by atoms with van der Waals surface area (Å²) in [5, 5.41) is 0. The van der Waals surface area contributed by atoms with Gasteiger partial charge >= 0.3 is 17.9 Å². The van der Waals surface area contributed by atoms with Crippen molar-refractivity contribution in [3.8, 4) is 0 Å². The van der Waals surface area contributed by atoms with E-state index in [0.29, 0.717) is 19.3 Å². The third-order valence-electron chi connectivity index (χ3n) is 14.0. The maximum atomic E-state index is 12.9. The van der Waals surface area contributed by atoms with Gasteiger partial charge in [-0.3, -0.25) is 14.4 Å². The lowest BCUT2D eigenvalue weighted by Gasteiger charge is -2.18. The van der Waals surface area contributed by atoms with Gasteiger partial charge in [0.2, 0.25) is 0 Å². The average molecular weight is 972 g/mol. The highest BCUT2D eigenvalue weighted by Crippen LogP contribution is 2.17. The van der Waals surface area contributed by atoms with Crippen LogP contribution in [-0.4, -0.2) is 37.2 Å². The van der Waals surface area contributed by atoms with Gasteiger partial charge in [0.05, 0.1) is 0 Å². The largest absolute Gasteiger partial charge is 0.462 e. The Kier molecular flexibility index (Phi) is 56.7. The first-order valence-corrected chi connectivity index (χ1v) is 30.8. The first kappa shape index (κ1) is 66.9. The molecule has 0 bridgehead atoms. The smallest absolute Gasteiger partial charge is 0.306 e. The third kappa shape index (κ3) is 56.7. The van der Waals surface area contributed by atoms with Crippen LogP contribution in [0.1, 0.15) is 342 Å². The van der Waals surface area contributed by atoms with E-state index in [-0.39, 0.29) is 31.1 Å². The zero-order valence-corrected chi connectivity index (χ0v) is 46.6. The van der Waals surface area contributed by atoms with Gasteiger partial charge in [0.1, 0.15) is 13.2 Å². The molecule has 0 heterocycles. The molecule has 0 N–H and O–H groups in total. The van der Waals surface area contributed by atoms with Crippen LogP contribution in [0.5, 0.6) is 0 Å². The number of carbonyl (C=O) groups is 3. The van der Waals surface area contributed by atoms with E-state index in [9.17, 15) is 14.4 Å². The molecule has 1 unspecified atom stereocenters. The van der Waals surface area contributed by atoms with Gasteiger partial charge in [-0.1, -0.05) is 295 Å². The van der Waals surface area contributed by atoms with E-state index >= 15 is 0 Å². The fourth-order valence-electron chi connectivity index (χ4n) is 9.30. The molecule has 0 aromatic heterocycles. The number of rotatable bonds is 57. The molecule has 0 spiro atoms. The van der Waals surface area contributed by atoms with Crippen molar-refractivity contribution in [2.45, 2.75) is 348 Å². The van der Waals surface area contributed by atoms with Crippen molar-refractivity contribution < 1.29 is 28.6 Å². The Balaban J connectivity index is 4.30. The van der Waals surface area contributed by atoms with Gasteiger partial charge in [-0.2, -0.15) is 0 Å². The highest BCUT2D eigenvalue weighted by molar-refractivity contribution is 5.71. The highest BCUT2D eigenvalue weighted by atomic mass is 16.6. The van der Waals surface area contributed by atoms with Crippen molar-refractivity contribution in [3.63, 3.8) is 0 Å². The summed E-state index contributed by atoms with van der Waals surface area (Å²) in [7, 11) is 0. The SMILES string of the molecule is CCCCCCC/C=C\C/C=C\CCCCCCCCCCCC(=O)OCC(COC(=O)CCCCCCCCCCCCCCCC)OC(=O)CCCCCCCCCCCCCCCCCC. The van der Waals surface area contributed by atoms with Crippen molar-refractivity contribution in [1.82, 2.24) is 0 Å². The van der Waals surface area contributed by atoms with Crippen LogP contribution in [0.3, 0.4) is 0 Å². The Morgan fingerprint density at radius 2 is 0.522 bits per heavy atom. The number of hydrogen-bond donors (Lipinski definition) is 0. The predicted molar refractivity (Wildman–Crippen MR) is 298 cm³/mol. The van der Waals surface area contributed by atoms with Crippen LogP contribution in [-0.2, 0) is 28.6 Å². The number of hydrogen-bond acceptors (Lipinski definition) is 6. The van der Waals surface area contributed by atoms with E-state index in [4.69, 9.17) is 14.2 Å². The van der Waals surface area contributed by atoms with Crippen LogP contribution >= 0.6 is 0 Å². The molecular weight excluding hydrogens is 853 g/mol. The summed E-state index contributed by atoms with van der Waals surface area (Å²) in [4.78, 5) is 38.2. The van der Waals surface area contributed by atoms with Crippen LogP contribution in [0.2, 0.25) is 0 Å². The van der Waals surface area contributed by atoms with E-state index in [0.717, 1.165) is 64.2 Å². The van der Waals surface area contributed by atoms with Gasteiger partial charge in [0.15, 0.2) is 6.10 Å². The van der Waals surface area contributed by atoms with E-state index in [1.807, 2.05) is 0 Å². The molecule has 0 radical (unpaired) electrons.